The number of hydrogen-bond donors (Lipinski definition) is 2. The Balaban J connectivity index is 1.30. The maximum absolute atomic E-state index is 8.15. The van der Waals surface area contributed by atoms with Crippen molar-refractivity contribution in [3.63, 3.8) is 0 Å². The average Bonchev–Trinajstić information content (AvgIpc) is 3.14. The first-order valence-electron chi connectivity index (χ1n) is 8.24. The lowest BCUT2D eigenvalue weighted by molar-refractivity contribution is 0.763. The highest BCUT2D eigenvalue weighted by Gasteiger charge is 2.06. The molecule has 134 valence electrons. The number of hydrogen-bond acceptors (Lipinski definition) is 6. The Morgan fingerprint density at radius 3 is 1.58 bits per heavy atom. The van der Waals surface area contributed by atoms with Crippen LogP contribution in [0.2, 0.25) is 0 Å². The van der Waals surface area contributed by atoms with Crippen LogP contribution in [0.4, 0.5) is 0 Å². The SMILES string of the molecule is N=c1sc2ccccc2n1CCSSCCn1c(=N)sc2ccccc21. The second-order valence-electron chi connectivity index (χ2n) is 5.70. The normalized spacial score (nSPS) is 11.5. The number of aromatic nitrogens is 2. The van der Waals surface area contributed by atoms with E-state index in [9.17, 15) is 0 Å². The molecule has 2 aromatic heterocycles. The Labute approximate surface area is 166 Å². The van der Waals surface area contributed by atoms with Crippen LogP contribution in [0, 0.1) is 10.8 Å². The van der Waals surface area contributed by atoms with Gasteiger partial charge in [0.25, 0.3) is 0 Å². The van der Waals surface area contributed by atoms with Crippen LogP contribution >= 0.6 is 44.3 Å². The number of nitrogens with zero attached hydrogens (tertiary/aromatic N) is 2. The fraction of sp³-hybridized carbons (Fsp3) is 0.222. The van der Waals surface area contributed by atoms with Gasteiger partial charge < -0.3 is 9.13 Å². The highest BCUT2D eigenvalue weighted by atomic mass is 33.1. The number of aryl methyl sites for hydroxylation is 2. The third-order valence-corrected chi connectivity index (χ3v) is 8.42. The lowest BCUT2D eigenvalue weighted by Gasteiger charge is -2.06. The zero-order chi connectivity index (χ0) is 17.9. The minimum Gasteiger partial charge on any atom is -0.316 e. The molecule has 4 nitrogen and oxygen atoms in total. The largest absolute Gasteiger partial charge is 0.316 e. The van der Waals surface area contributed by atoms with Crippen molar-refractivity contribution in [2.75, 3.05) is 11.5 Å². The van der Waals surface area contributed by atoms with Gasteiger partial charge in [0.15, 0.2) is 9.60 Å². The highest BCUT2D eigenvalue weighted by molar-refractivity contribution is 8.76. The molecule has 0 fully saturated rings. The molecule has 4 aromatic rings. The summed E-state index contributed by atoms with van der Waals surface area (Å²) < 4.78 is 6.55. The van der Waals surface area contributed by atoms with Gasteiger partial charge in [0, 0.05) is 24.6 Å². The van der Waals surface area contributed by atoms with Crippen molar-refractivity contribution >= 4 is 64.7 Å². The molecule has 2 heterocycles. The standard InChI is InChI=1S/C18H18N4S4/c19-17-21(13-5-1-3-7-15(13)25-17)9-11-23-24-12-10-22-14-6-2-4-8-16(14)26-18(22)20/h1-8,19-20H,9-12H2. The molecule has 0 unspecified atom stereocenters. The van der Waals surface area contributed by atoms with Crippen LogP contribution in [0.15, 0.2) is 48.5 Å². The van der Waals surface area contributed by atoms with Crippen molar-refractivity contribution in [1.82, 2.24) is 9.13 Å². The Bertz CT molecular complexity index is 1060. The Hall–Kier alpha value is -1.48. The van der Waals surface area contributed by atoms with E-state index in [1.807, 2.05) is 45.9 Å². The van der Waals surface area contributed by atoms with E-state index in [4.69, 9.17) is 10.8 Å². The van der Waals surface area contributed by atoms with Gasteiger partial charge in [-0.25, -0.2) is 0 Å². The molecule has 8 heteroatoms. The van der Waals surface area contributed by atoms with Gasteiger partial charge in [-0.15, -0.1) is 0 Å². The molecule has 26 heavy (non-hydrogen) atoms. The predicted molar refractivity (Wildman–Crippen MR) is 116 cm³/mol. The van der Waals surface area contributed by atoms with Gasteiger partial charge in [-0.3, -0.25) is 10.8 Å². The molecule has 0 bridgehead atoms. The Morgan fingerprint density at radius 1 is 0.692 bits per heavy atom. The summed E-state index contributed by atoms with van der Waals surface area (Å²) in [6.45, 7) is 1.72. The quantitative estimate of drug-likeness (QED) is 0.336. The molecule has 0 aliphatic heterocycles. The Kier molecular flexibility index (Phi) is 5.54. The average molecular weight is 419 g/mol. The fourth-order valence-corrected chi connectivity index (χ4v) is 6.67. The molecule has 0 radical (unpaired) electrons. The topological polar surface area (TPSA) is 57.6 Å². The second kappa shape index (κ2) is 8.04. The van der Waals surface area contributed by atoms with Gasteiger partial charge in [0.1, 0.15) is 0 Å². The minimum absolute atomic E-state index is 0.621. The van der Waals surface area contributed by atoms with Gasteiger partial charge in [-0.05, 0) is 24.3 Å². The number of nitrogens with one attached hydrogen (secondary N) is 2. The van der Waals surface area contributed by atoms with Crippen molar-refractivity contribution < 1.29 is 0 Å². The van der Waals surface area contributed by atoms with Gasteiger partial charge in [-0.2, -0.15) is 0 Å². The lowest BCUT2D eigenvalue weighted by Crippen LogP contribution is -2.15. The van der Waals surface area contributed by atoms with E-state index >= 15 is 0 Å². The summed E-state index contributed by atoms with van der Waals surface area (Å²) in [7, 11) is 3.70. The monoisotopic (exact) mass is 418 g/mol. The maximum Gasteiger partial charge on any atom is 0.182 e. The predicted octanol–water partition coefficient (Wildman–Crippen LogP) is 4.76. The maximum atomic E-state index is 8.15. The zero-order valence-electron chi connectivity index (χ0n) is 14.0. The summed E-state index contributed by atoms with van der Waals surface area (Å²) in [4.78, 5) is 1.24. The number of rotatable bonds is 7. The molecule has 2 aromatic carbocycles. The van der Waals surface area contributed by atoms with Gasteiger partial charge in [0.2, 0.25) is 0 Å². The van der Waals surface area contributed by atoms with Crippen molar-refractivity contribution in [2.45, 2.75) is 13.1 Å². The number of para-hydroxylation sites is 2. The van der Waals surface area contributed by atoms with E-state index in [0.29, 0.717) is 9.60 Å². The summed E-state index contributed by atoms with van der Waals surface area (Å²) in [5.74, 6) is 1.95. The van der Waals surface area contributed by atoms with Crippen LogP contribution in [0.5, 0.6) is 0 Å². The van der Waals surface area contributed by atoms with E-state index in [2.05, 4.69) is 33.4 Å². The summed E-state index contributed by atoms with van der Waals surface area (Å²) in [6.07, 6.45) is 0. The third kappa shape index (κ3) is 3.64. The molecule has 0 aliphatic carbocycles. The number of thiazole rings is 2. The molecule has 0 saturated heterocycles. The Morgan fingerprint density at radius 2 is 1.12 bits per heavy atom. The van der Waals surface area contributed by atoms with Crippen molar-refractivity contribution in [3.8, 4) is 0 Å². The first kappa shape index (κ1) is 17.9. The summed E-state index contributed by atoms with van der Waals surface area (Å²) in [6, 6.07) is 16.5. The second-order valence-corrected chi connectivity index (χ2v) is 10.5. The van der Waals surface area contributed by atoms with Gasteiger partial charge in [0.05, 0.1) is 20.4 Å². The van der Waals surface area contributed by atoms with Crippen LogP contribution in [0.25, 0.3) is 20.4 Å². The molecule has 0 spiro atoms. The summed E-state index contributed by atoms with van der Waals surface area (Å²) in [5.41, 5.74) is 2.32. The van der Waals surface area contributed by atoms with Crippen LogP contribution < -0.4 is 9.60 Å². The van der Waals surface area contributed by atoms with Crippen LogP contribution in [0.3, 0.4) is 0 Å². The summed E-state index contributed by atoms with van der Waals surface area (Å²) >= 11 is 3.08. The summed E-state index contributed by atoms with van der Waals surface area (Å²) in [5, 5.41) is 16.3. The first-order valence-corrected chi connectivity index (χ1v) is 12.4. The van der Waals surface area contributed by atoms with Crippen molar-refractivity contribution in [1.29, 1.82) is 10.8 Å². The smallest absolute Gasteiger partial charge is 0.182 e. The minimum atomic E-state index is 0.621. The fourth-order valence-electron chi connectivity index (χ4n) is 2.89. The number of fused-ring (bicyclic) bond motifs is 2. The third-order valence-electron chi connectivity index (χ3n) is 4.10. The molecule has 4 rings (SSSR count). The van der Waals surface area contributed by atoms with E-state index in [1.54, 1.807) is 0 Å². The first-order chi connectivity index (χ1) is 12.7. The molecular formula is C18H18N4S4. The number of benzene rings is 2. The van der Waals surface area contributed by atoms with Crippen molar-refractivity contribution in [2.24, 2.45) is 0 Å². The van der Waals surface area contributed by atoms with Crippen LogP contribution in [0.1, 0.15) is 0 Å². The van der Waals surface area contributed by atoms with E-state index < -0.39 is 0 Å². The van der Waals surface area contributed by atoms with E-state index in [1.165, 1.54) is 32.1 Å². The highest BCUT2D eigenvalue weighted by Crippen LogP contribution is 2.24. The molecule has 0 saturated carbocycles. The van der Waals surface area contributed by atoms with E-state index in [-0.39, 0.29) is 0 Å². The van der Waals surface area contributed by atoms with Crippen LogP contribution in [-0.4, -0.2) is 20.6 Å². The van der Waals surface area contributed by atoms with Gasteiger partial charge >= 0.3 is 0 Å². The molecule has 2 N–H and O–H groups in total. The lowest BCUT2D eigenvalue weighted by atomic mass is 10.3. The van der Waals surface area contributed by atoms with Gasteiger partial charge in [-0.1, -0.05) is 68.5 Å². The van der Waals surface area contributed by atoms with Crippen molar-refractivity contribution in [3.05, 3.63) is 58.1 Å². The molecular weight excluding hydrogens is 400 g/mol. The molecule has 0 aliphatic rings. The molecule has 0 atom stereocenters. The van der Waals surface area contributed by atoms with E-state index in [0.717, 1.165) is 35.6 Å². The van der Waals surface area contributed by atoms with Crippen LogP contribution in [-0.2, 0) is 13.1 Å². The zero-order valence-corrected chi connectivity index (χ0v) is 17.2. The molecule has 0 amide bonds.